The minimum atomic E-state index is -0.927. The largest absolute Gasteiger partial charge is 0.481 e. The number of benzene rings is 1. The van der Waals surface area contributed by atoms with Gasteiger partial charge in [0.2, 0.25) is 0 Å². The van der Waals surface area contributed by atoms with Gasteiger partial charge in [0.15, 0.2) is 0 Å². The van der Waals surface area contributed by atoms with Crippen LogP contribution in [0.5, 0.6) is 6.01 Å². The molecule has 2 heterocycles. The fourth-order valence-corrected chi connectivity index (χ4v) is 2.75. The first-order chi connectivity index (χ1) is 12.1. The number of anilines is 1. The van der Waals surface area contributed by atoms with Crippen LogP contribution in [0.4, 0.5) is 5.69 Å². The second kappa shape index (κ2) is 7.48. The van der Waals surface area contributed by atoms with Gasteiger partial charge in [0.1, 0.15) is 12.0 Å². The van der Waals surface area contributed by atoms with Crippen LogP contribution < -0.4 is 10.1 Å². The van der Waals surface area contributed by atoms with E-state index in [1.54, 1.807) is 12.4 Å². The highest BCUT2D eigenvalue weighted by molar-refractivity contribution is 5.75. The fraction of sp³-hybridized carbons (Fsp3) is 0.389. The topological polar surface area (TPSA) is 93.6 Å². The average Bonchev–Trinajstić information content (AvgIpc) is 2.67. The molecule has 0 saturated carbocycles. The van der Waals surface area contributed by atoms with Gasteiger partial charge in [0, 0.05) is 43.9 Å². The Balaban J connectivity index is 1.66. The second-order valence-electron chi connectivity index (χ2n) is 6.07. The minimum absolute atomic E-state index is 0.0436. The van der Waals surface area contributed by atoms with Crippen molar-refractivity contribution in [2.45, 2.75) is 12.8 Å². The number of hydrogen-bond donors (Lipinski definition) is 2. The lowest BCUT2D eigenvalue weighted by atomic mass is 9.81. The number of carbonyl (C=O) groups is 1. The number of aliphatic carboxylic acids is 1. The zero-order valence-electron chi connectivity index (χ0n) is 14.1. The van der Waals surface area contributed by atoms with Gasteiger partial charge in [-0.1, -0.05) is 12.1 Å². The molecule has 0 amide bonds. The molecule has 0 atom stereocenters. The van der Waals surface area contributed by atoms with E-state index in [1.165, 1.54) is 0 Å². The molecule has 132 valence electrons. The molecule has 0 bridgehead atoms. The van der Waals surface area contributed by atoms with Crippen LogP contribution in [0.3, 0.4) is 0 Å². The second-order valence-corrected chi connectivity index (χ2v) is 6.07. The van der Waals surface area contributed by atoms with Crippen LogP contribution in [0.15, 0.2) is 36.7 Å². The molecule has 1 aliphatic rings. The lowest BCUT2D eigenvalue weighted by Gasteiger charge is -2.32. The van der Waals surface area contributed by atoms with Crippen molar-refractivity contribution in [1.29, 1.82) is 0 Å². The number of nitrogens with zero attached hydrogens (tertiary/aromatic N) is 2. The molecule has 0 unspecified atom stereocenters. The molecule has 7 nitrogen and oxygen atoms in total. The van der Waals surface area contributed by atoms with E-state index in [0.717, 1.165) is 16.8 Å². The van der Waals surface area contributed by atoms with Gasteiger partial charge in [0.25, 0.3) is 0 Å². The molecule has 1 aromatic heterocycles. The lowest BCUT2D eigenvalue weighted by molar-refractivity contribution is -0.157. The van der Waals surface area contributed by atoms with Gasteiger partial charge < -0.3 is 19.9 Å². The van der Waals surface area contributed by atoms with Crippen molar-refractivity contribution in [2.24, 2.45) is 5.41 Å². The Bertz CT molecular complexity index is 710. The van der Waals surface area contributed by atoms with Gasteiger partial charge in [-0.3, -0.25) is 4.79 Å². The zero-order chi connectivity index (χ0) is 17.7. The van der Waals surface area contributed by atoms with E-state index in [1.807, 2.05) is 31.3 Å². The van der Waals surface area contributed by atoms with E-state index >= 15 is 0 Å². The SMILES string of the molecule is CNc1ccc(-c2cnc(OCC3(C(=O)O)CCOCC3)nc2)cc1. The normalized spacial score (nSPS) is 16.2. The van der Waals surface area contributed by atoms with Crippen LogP contribution in [0.2, 0.25) is 0 Å². The molecule has 0 radical (unpaired) electrons. The maximum absolute atomic E-state index is 11.6. The standard InChI is InChI=1S/C18H21N3O4/c1-19-15-4-2-13(3-5-15)14-10-20-17(21-11-14)25-12-18(16(22)23)6-8-24-9-7-18/h2-5,10-11,19H,6-9,12H2,1H3,(H,22,23). The number of nitrogens with one attached hydrogen (secondary N) is 1. The van der Waals surface area contributed by atoms with Crippen LogP contribution in [0.1, 0.15) is 12.8 Å². The predicted octanol–water partition coefficient (Wildman–Crippen LogP) is 2.45. The quantitative estimate of drug-likeness (QED) is 0.832. The monoisotopic (exact) mass is 343 g/mol. The molecular weight excluding hydrogens is 322 g/mol. The highest BCUT2D eigenvalue weighted by Gasteiger charge is 2.41. The van der Waals surface area contributed by atoms with Crippen molar-refractivity contribution >= 4 is 11.7 Å². The molecule has 0 spiro atoms. The Morgan fingerprint density at radius 2 is 1.84 bits per heavy atom. The van der Waals surface area contributed by atoms with Gasteiger partial charge in [-0.25, -0.2) is 9.97 Å². The van der Waals surface area contributed by atoms with Crippen LogP contribution >= 0.6 is 0 Å². The Labute approximate surface area is 146 Å². The van der Waals surface area contributed by atoms with Crippen LogP contribution in [0.25, 0.3) is 11.1 Å². The Morgan fingerprint density at radius 1 is 1.20 bits per heavy atom. The van der Waals surface area contributed by atoms with E-state index in [-0.39, 0.29) is 12.6 Å². The summed E-state index contributed by atoms with van der Waals surface area (Å²) in [7, 11) is 1.87. The smallest absolute Gasteiger partial charge is 0.316 e. The van der Waals surface area contributed by atoms with Crippen LogP contribution in [-0.4, -0.2) is 47.9 Å². The number of ether oxygens (including phenoxy) is 2. The minimum Gasteiger partial charge on any atom is -0.481 e. The molecule has 1 saturated heterocycles. The van der Waals surface area contributed by atoms with Gasteiger partial charge >= 0.3 is 12.0 Å². The van der Waals surface area contributed by atoms with Crippen LogP contribution in [0, 0.1) is 5.41 Å². The number of rotatable bonds is 6. The maximum Gasteiger partial charge on any atom is 0.316 e. The summed E-state index contributed by atoms with van der Waals surface area (Å²) in [5, 5.41) is 12.6. The highest BCUT2D eigenvalue weighted by atomic mass is 16.5. The molecule has 2 aromatic rings. The van der Waals surface area contributed by atoms with Crippen LogP contribution in [-0.2, 0) is 9.53 Å². The summed E-state index contributed by atoms with van der Waals surface area (Å²) in [4.78, 5) is 20.0. The third-order valence-corrected chi connectivity index (χ3v) is 4.52. The van der Waals surface area contributed by atoms with Gasteiger partial charge in [-0.05, 0) is 30.5 Å². The Morgan fingerprint density at radius 3 is 2.40 bits per heavy atom. The summed E-state index contributed by atoms with van der Waals surface area (Å²) < 4.78 is 10.8. The Kier molecular flexibility index (Phi) is 5.14. The zero-order valence-corrected chi connectivity index (χ0v) is 14.1. The molecule has 2 N–H and O–H groups in total. The molecular formula is C18H21N3O4. The van der Waals surface area contributed by atoms with Crippen molar-refractivity contribution in [3.05, 3.63) is 36.7 Å². The van der Waals surface area contributed by atoms with Crippen molar-refractivity contribution < 1.29 is 19.4 Å². The van der Waals surface area contributed by atoms with Gasteiger partial charge in [0.05, 0.1) is 0 Å². The van der Waals surface area contributed by atoms with E-state index in [2.05, 4.69) is 15.3 Å². The number of hydrogen-bond acceptors (Lipinski definition) is 6. The van der Waals surface area contributed by atoms with E-state index in [0.29, 0.717) is 26.1 Å². The molecule has 1 aromatic carbocycles. The Hall–Kier alpha value is -2.67. The summed E-state index contributed by atoms with van der Waals surface area (Å²) in [5.41, 5.74) is 1.97. The lowest BCUT2D eigenvalue weighted by Crippen LogP contribution is -2.42. The molecule has 0 aliphatic carbocycles. The van der Waals surface area contributed by atoms with Gasteiger partial charge in [-0.2, -0.15) is 0 Å². The number of aromatic nitrogens is 2. The van der Waals surface area contributed by atoms with E-state index < -0.39 is 11.4 Å². The molecule has 25 heavy (non-hydrogen) atoms. The number of carboxylic acid groups (broad SMARTS) is 1. The summed E-state index contributed by atoms with van der Waals surface area (Å²) in [6.07, 6.45) is 4.21. The third kappa shape index (κ3) is 3.88. The molecule has 3 rings (SSSR count). The first kappa shape index (κ1) is 17.2. The highest BCUT2D eigenvalue weighted by Crippen LogP contribution is 2.31. The summed E-state index contributed by atoms with van der Waals surface area (Å²) in [6, 6.07) is 8.09. The average molecular weight is 343 g/mol. The van der Waals surface area contributed by atoms with Crippen molar-refractivity contribution in [2.75, 3.05) is 32.2 Å². The maximum atomic E-state index is 11.6. The predicted molar refractivity (Wildman–Crippen MR) is 92.6 cm³/mol. The van der Waals surface area contributed by atoms with E-state index in [9.17, 15) is 9.90 Å². The first-order valence-electron chi connectivity index (χ1n) is 8.17. The van der Waals surface area contributed by atoms with Crippen molar-refractivity contribution in [3.63, 3.8) is 0 Å². The van der Waals surface area contributed by atoms with Crippen molar-refractivity contribution in [1.82, 2.24) is 9.97 Å². The first-order valence-corrected chi connectivity index (χ1v) is 8.17. The number of carboxylic acids is 1. The molecule has 7 heteroatoms. The third-order valence-electron chi connectivity index (χ3n) is 4.52. The van der Waals surface area contributed by atoms with Crippen molar-refractivity contribution in [3.8, 4) is 17.1 Å². The van der Waals surface area contributed by atoms with Gasteiger partial charge in [-0.15, -0.1) is 0 Å². The molecule has 1 fully saturated rings. The summed E-state index contributed by atoms with van der Waals surface area (Å²) >= 11 is 0. The molecule has 1 aliphatic heterocycles. The van der Waals surface area contributed by atoms with E-state index in [4.69, 9.17) is 9.47 Å². The summed E-state index contributed by atoms with van der Waals surface area (Å²) in [5.74, 6) is -0.864. The summed E-state index contributed by atoms with van der Waals surface area (Å²) in [6.45, 7) is 0.901. The fourth-order valence-electron chi connectivity index (χ4n) is 2.75.